The third-order valence-electron chi connectivity index (χ3n) is 3.87. The van der Waals surface area contributed by atoms with Crippen LogP contribution in [0.2, 0.25) is 0 Å². The fourth-order valence-electron chi connectivity index (χ4n) is 2.74. The predicted molar refractivity (Wildman–Crippen MR) is 79.0 cm³/mol. The number of fused-ring (bicyclic) bond motifs is 1. The van der Waals surface area contributed by atoms with Crippen LogP contribution in [0.15, 0.2) is 12.4 Å². The second kappa shape index (κ2) is 6.69. The first-order chi connectivity index (χ1) is 9.50. The largest absolute Gasteiger partial charge is 0.335 e. The highest BCUT2D eigenvalue weighted by Crippen LogP contribution is 2.19. The van der Waals surface area contributed by atoms with Crippen LogP contribution < -0.4 is 4.72 Å². The van der Waals surface area contributed by atoms with E-state index in [9.17, 15) is 8.42 Å². The van der Waals surface area contributed by atoms with Gasteiger partial charge in [0.15, 0.2) is 0 Å². The van der Waals surface area contributed by atoms with Gasteiger partial charge >= 0.3 is 0 Å². The monoisotopic (exact) mass is 300 g/mol. The standard InChI is InChI=1S/C13H24N4O2S/c1-14-20(18,19)9-3-7-16(2)10-12-4-5-13-15-6-8-17(13)11-12/h6,8,12,14H,3-5,7,9-11H2,1-2H3/t12-/m1/s1. The molecule has 0 bridgehead atoms. The highest BCUT2D eigenvalue weighted by Gasteiger charge is 2.20. The predicted octanol–water partition coefficient (Wildman–Crippen LogP) is 0.317. The molecule has 7 heteroatoms. The lowest BCUT2D eigenvalue weighted by Crippen LogP contribution is -2.33. The van der Waals surface area contributed by atoms with Gasteiger partial charge in [-0.1, -0.05) is 0 Å². The number of rotatable bonds is 7. The molecule has 1 atom stereocenters. The molecule has 0 aliphatic carbocycles. The van der Waals surface area contributed by atoms with Crippen LogP contribution in [-0.2, 0) is 23.0 Å². The van der Waals surface area contributed by atoms with E-state index in [1.807, 2.05) is 12.4 Å². The second-order valence-corrected chi connectivity index (χ2v) is 7.59. The molecule has 0 amide bonds. The molecule has 0 spiro atoms. The van der Waals surface area contributed by atoms with Crippen molar-refractivity contribution in [3.63, 3.8) is 0 Å². The zero-order valence-corrected chi connectivity index (χ0v) is 13.1. The molecule has 0 saturated heterocycles. The Balaban J connectivity index is 1.72. The van der Waals surface area contributed by atoms with Crippen molar-refractivity contribution in [2.24, 2.45) is 5.92 Å². The average molecular weight is 300 g/mol. The summed E-state index contributed by atoms with van der Waals surface area (Å²) < 4.78 is 27.3. The van der Waals surface area contributed by atoms with E-state index < -0.39 is 10.0 Å². The lowest BCUT2D eigenvalue weighted by molar-refractivity contribution is 0.235. The van der Waals surface area contributed by atoms with Gasteiger partial charge in [-0.15, -0.1) is 0 Å². The summed E-state index contributed by atoms with van der Waals surface area (Å²) in [5.74, 6) is 2.01. The average Bonchev–Trinajstić information content (AvgIpc) is 2.86. The van der Waals surface area contributed by atoms with E-state index in [1.165, 1.54) is 12.9 Å². The van der Waals surface area contributed by atoms with Crippen molar-refractivity contribution >= 4 is 10.0 Å². The fourth-order valence-corrected chi connectivity index (χ4v) is 3.46. The molecule has 1 aliphatic rings. The lowest BCUT2D eigenvalue weighted by Gasteiger charge is -2.28. The summed E-state index contributed by atoms with van der Waals surface area (Å²) in [6.07, 6.45) is 6.78. The minimum absolute atomic E-state index is 0.199. The Bertz CT molecular complexity index is 526. The first-order valence-corrected chi connectivity index (χ1v) is 8.75. The number of hydrogen-bond donors (Lipinski definition) is 1. The van der Waals surface area contributed by atoms with Gasteiger partial charge in [-0.2, -0.15) is 0 Å². The number of nitrogens with zero attached hydrogens (tertiary/aromatic N) is 3. The molecule has 1 aromatic rings. The maximum Gasteiger partial charge on any atom is 0.211 e. The Hall–Kier alpha value is -0.920. The highest BCUT2D eigenvalue weighted by molar-refractivity contribution is 7.89. The molecule has 2 rings (SSSR count). The molecule has 114 valence electrons. The number of sulfonamides is 1. The molecule has 0 radical (unpaired) electrons. The summed E-state index contributed by atoms with van der Waals surface area (Å²) in [6, 6.07) is 0. The van der Waals surface area contributed by atoms with Crippen LogP contribution in [0.5, 0.6) is 0 Å². The van der Waals surface area contributed by atoms with Crippen LogP contribution in [-0.4, -0.2) is 55.8 Å². The van der Waals surface area contributed by atoms with Gasteiger partial charge in [0.1, 0.15) is 5.82 Å². The summed E-state index contributed by atoms with van der Waals surface area (Å²) in [5, 5.41) is 0. The van der Waals surface area contributed by atoms with Crippen LogP contribution in [0.1, 0.15) is 18.7 Å². The summed E-state index contributed by atoms with van der Waals surface area (Å²) >= 11 is 0. The molecule has 1 N–H and O–H groups in total. The van der Waals surface area contributed by atoms with Crippen molar-refractivity contribution in [1.82, 2.24) is 19.2 Å². The molecule has 2 heterocycles. The third kappa shape index (κ3) is 4.29. The lowest BCUT2D eigenvalue weighted by atomic mass is 9.99. The molecule has 0 saturated carbocycles. The number of imidazole rings is 1. The van der Waals surface area contributed by atoms with Crippen LogP contribution in [0.3, 0.4) is 0 Å². The summed E-state index contributed by atoms with van der Waals surface area (Å²) in [4.78, 5) is 6.57. The fraction of sp³-hybridized carbons (Fsp3) is 0.769. The molecule has 1 aliphatic heterocycles. The SMILES string of the molecule is CNS(=O)(=O)CCCN(C)C[C@H]1CCc2nccn2C1. The van der Waals surface area contributed by atoms with Crippen LogP contribution in [0.25, 0.3) is 0 Å². The smallest absolute Gasteiger partial charge is 0.211 e. The quantitative estimate of drug-likeness (QED) is 0.787. The van der Waals surface area contributed by atoms with Gasteiger partial charge in [0.05, 0.1) is 5.75 Å². The zero-order chi connectivity index (χ0) is 14.6. The molecule has 20 heavy (non-hydrogen) atoms. The normalized spacial score (nSPS) is 19.2. The maximum absolute atomic E-state index is 11.3. The molecular formula is C13H24N4O2S. The Morgan fingerprint density at radius 2 is 2.35 bits per heavy atom. The van der Waals surface area contributed by atoms with Gasteiger partial charge < -0.3 is 9.47 Å². The van der Waals surface area contributed by atoms with Gasteiger partial charge in [0.25, 0.3) is 0 Å². The van der Waals surface area contributed by atoms with Crippen molar-refractivity contribution < 1.29 is 8.42 Å². The van der Waals surface area contributed by atoms with Crippen molar-refractivity contribution in [3.05, 3.63) is 18.2 Å². The first-order valence-electron chi connectivity index (χ1n) is 7.10. The number of aromatic nitrogens is 2. The Morgan fingerprint density at radius 1 is 1.55 bits per heavy atom. The first kappa shape index (κ1) is 15.5. The minimum Gasteiger partial charge on any atom is -0.335 e. The van der Waals surface area contributed by atoms with Gasteiger partial charge in [0, 0.05) is 31.9 Å². The third-order valence-corrected chi connectivity index (χ3v) is 5.31. The van der Waals surface area contributed by atoms with E-state index in [0.717, 1.165) is 32.5 Å². The van der Waals surface area contributed by atoms with E-state index in [1.54, 1.807) is 0 Å². The summed E-state index contributed by atoms with van der Waals surface area (Å²) in [6.45, 7) is 2.85. The Morgan fingerprint density at radius 3 is 3.10 bits per heavy atom. The second-order valence-electron chi connectivity index (χ2n) is 5.54. The van der Waals surface area contributed by atoms with Crippen molar-refractivity contribution in [3.8, 4) is 0 Å². The summed E-state index contributed by atoms with van der Waals surface area (Å²) in [5.41, 5.74) is 0. The zero-order valence-electron chi connectivity index (χ0n) is 12.2. The minimum atomic E-state index is -3.07. The van der Waals surface area contributed by atoms with Gasteiger partial charge in [-0.25, -0.2) is 18.1 Å². The Labute approximate surface area is 121 Å². The highest BCUT2D eigenvalue weighted by atomic mass is 32.2. The van der Waals surface area contributed by atoms with Gasteiger partial charge in [0.2, 0.25) is 10.0 Å². The number of nitrogens with one attached hydrogen (secondary N) is 1. The van der Waals surface area contributed by atoms with Gasteiger partial charge in [-0.05, 0) is 39.4 Å². The van der Waals surface area contributed by atoms with E-state index in [-0.39, 0.29) is 5.75 Å². The van der Waals surface area contributed by atoms with E-state index in [2.05, 4.69) is 26.2 Å². The van der Waals surface area contributed by atoms with Crippen molar-refractivity contribution in [2.45, 2.75) is 25.8 Å². The molecule has 6 nitrogen and oxygen atoms in total. The molecule has 0 aromatic carbocycles. The van der Waals surface area contributed by atoms with Crippen molar-refractivity contribution in [1.29, 1.82) is 0 Å². The maximum atomic E-state index is 11.3. The van der Waals surface area contributed by atoms with Gasteiger partial charge in [-0.3, -0.25) is 0 Å². The summed E-state index contributed by atoms with van der Waals surface area (Å²) in [7, 11) is 0.457. The molecule has 0 unspecified atom stereocenters. The number of aryl methyl sites for hydroxylation is 1. The Kier molecular flexibility index (Phi) is 5.17. The van der Waals surface area contributed by atoms with Crippen LogP contribution in [0.4, 0.5) is 0 Å². The topological polar surface area (TPSA) is 67.2 Å². The van der Waals surface area contributed by atoms with E-state index in [4.69, 9.17) is 0 Å². The number of hydrogen-bond acceptors (Lipinski definition) is 4. The van der Waals surface area contributed by atoms with Crippen LogP contribution >= 0.6 is 0 Å². The van der Waals surface area contributed by atoms with Crippen molar-refractivity contribution in [2.75, 3.05) is 32.9 Å². The van der Waals surface area contributed by atoms with E-state index >= 15 is 0 Å². The molecule has 0 fully saturated rings. The molecule has 1 aromatic heterocycles. The molecular weight excluding hydrogens is 276 g/mol. The van der Waals surface area contributed by atoms with Crippen LogP contribution in [0, 0.1) is 5.92 Å². The van der Waals surface area contributed by atoms with E-state index in [0.29, 0.717) is 12.3 Å².